The number of hydrogen-bond acceptors (Lipinski definition) is 6. The van der Waals surface area contributed by atoms with E-state index in [-0.39, 0.29) is 24.8 Å². The first-order valence-electron chi connectivity index (χ1n) is 9.35. The molecule has 0 aliphatic carbocycles. The summed E-state index contributed by atoms with van der Waals surface area (Å²) in [5, 5.41) is 23.6. The summed E-state index contributed by atoms with van der Waals surface area (Å²) in [7, 11) is 0. The van der Waals surface area contributed by atoms with Gasteiger partial charge >= 0.3 is 0 Å². The number of aromatic nitrogens is 2. The fraction of sp³-hybridized carbons (Fsp3) is 0.182. The molecule has 0 aliphatic heterocycles. The lowest BCUT2D eigenvalue weighted by atomic mass is 10.1. The van der Waals surface area contributed by atoms with Crippen LogP contribution in [-0.4, -0.2) is 22.8 Å². The minimum absolute atomic E-state index is 0. The first-order valence-corrected chi connectivity index (χ1v) is 9.35. The summed E-state index contributed by atoms with van der Waals surface area (Å²) < 4.78 is 15.2. The Morgan fingerprint density at radius 3 is 1.44 bits per heavy atom. The number of nitrogens with zero attached hydrogens (tertiary/aromatic N) is 4. The normalized spacial score (nSPS) is 10.8. The molecule has 170 valence electrons. The van der Waals surface area contributed by atoms with E-state index in [0.717, 1.165) is 22.5 Å². The smallest absolute Gasteiger partial charge is 0.253 e. The zero-order valence-corrected chi connectivity index (χ0v) is 18.7. The topological polar surface area (TPSA) is 91.4 Å². The number of benzene rings is 1. The minimum atomic E-state index is 0. The molecule has 2 aromatic heterocycles. The maximum Gasteiger partial charge on any atom is 0.253 e. The van der Waals surface area contributed by atoms with Crippen molar-refractivity contribution in [3.8, 4) is 0 Å². The number of rotatable bonds is 10. The fourth-order valence-electron chi connectivity index (χ4n) is 2.82. The van der Waals surface area contributed by atoms with Crippen molar-refractivity contribution in [2.24, 2.45) is 10.3 Å². The first-order chi connectivity index (χ1) is 14.8. The van der Waals surface area contributed by atoms with Gasteiger partial charge in [0.25, 0.3) is 13.5 Å². The third kappa shape index (κ3) is 8.24. The van der Waals surface area contributed by atoms with Crippen molar-refractivity contribution >= 4 is 12.4 Å². The Hall–Kier alpha value is -3.04. The Morgan fingerprint density at radius 2 is 1.06 bits per heavy atom. The molecule has 3 rings (SSSR count). The van der Waals surface area contributed by atoms with E-state index in [1.54, 1.807) is 0 Å². The van der Waals surface area contributed by atoms with Crippen LogP contribution in [0.2, 0.25) is 0 Å². The van der Waals surface area contributed by atoms with Gasteiger partial charge < -0.3 is 44.7 Å². The fourth-order valence-corrected chi connectivity index (χ4v) is 2.82. The second kappa shape index (κ2) is 14.9. The molecule has 2 N–H and O–H groups in total. The Labute approximate surface area is 198 Å². The number of ether oxygens (including phenoxy) is 2. The van der Waals surface area contributed by atoms with Crippen molar-refractivity contribution in [1.29, 1.82) is 0 Å². The lowest BCUT2D eigenvalue weighted by Crippen LogP contribution is -3.00. The number of oxime groups is 2. The first kappa shape index (κ1) is 27.0. The predicted molar refractivity (Wildman–Crippen MR) is 108 cm³/mol. The van der Waals surface area contributed by atoms with Crippen LogP contribution in [0.25, 0.3) is 0 Å². The molecular formula is C22H24Cl2N4O4. The maximum absolute atomic E-state index is 8.73. The summed E-state index contributed by atoms with van der Waals surface area (Å²) in [6.07, 6.45) is 6.46. The van der Waals surface area contributed by atoms with Crippen LogP contribution in [0, 0.1) is 0 Å². The Bertz CT molecular complexity index is 921. The van der Waals surface area contributed by atoms with E-state index in [1.807, 2.05) is 82.2 Å². The van der Waals surface area contributed by atoms with Crippen molar-refractivity contribution in [3.63, 3.8) is 0 Å². The van der Waals surface area contributed by atoms with Gasteiger partial charge in [0.1, 0.15) is 12.4 Å². The number of halogens is 2. The average Bonchev–Trinajstić information content (AvgIpc) is 2.78. The molecule has 0 bridgehead atoms. The van der Waals surface area contributed by atoms with Gasteiger partial charge in [0.05, 0.1) is 13.2 Å². The molecule has 0 saturated carbocycles. The van der Waals surface area contributed by atoms with Gasteiger partial charge in [0.2, 0.25) is 11.4 Å². The molecule has 0 saturated heterocycles. The monoisotopic (exact) mass is 478 g/mol. The molecule has 0 fully saturated rings. The molecule has 32 heavy (non-hydrogen) atoms. The Morgan fingerprint density at radius 1 is 0.656 bits per heavy atom. The van der Waals surface area contributed by atoms with Crippen molar-refractivity contribution in [2.75, 3.05) is 0 Å². The van der Waals surface area contributed by atoms with Crippen LogP contribution in [0.4, 0.5) is 0 Å². The summed E-state index contributed by atoms with van der Waals surface area (Å²) >= 11 is 0. The highest BCUT2D eigenvalue weighted by molar-refractivity contribution is 5.74. The number of pyridine rings is 2. The Balaban J connectivity index is 0.00000256. The van der Waals surface area contributed by atoms with Gasteiger partial charge in [-0.2, -0.15) is 9.13 Å². The zero-order chi connectivity index (χ0) is 21.0. The largest absolute Gasteiger partial charge is 1.00 e. The van der Waals surface area contributed by atoms with Crippen molar-refractivity contribution in [2.45, 2.75) is 26.7 Å². The van der Waals surface area contributed by atoms with Gasteiger partial charge in [0, 0.05) is 24.3 Å². The maximum atomic E-state index is 8.73. The molecule has 0 amide bonds. The van der Waals surface area contributed by atoms with E-state index in [0.29, 0.717) is 26.7 Å². The molecule has 0 unspecified atom stereocenters. The van der Waals surface area contributed by atoms with Crippen LogP contribution in [0.1, 0.15) is 22.5 Å². The highest BCUT2D eigenvalue weighted by atomic mass is 35.5. The van der Waals surface area contributed by atoms with Gasteiger partial charge in [-0.15, -0.1) is 0 Å². The van der Waals surface area contributed by atoms with Gasteiger partial charge in [0.15, 0.2) is 12.4 Å². The van der Waals surface area contributed by atoms with Crippen molar-refractivity contribution < 1.29 is 53.8 Å². The van der Waals surface area contributed by atoms with Gasteiger partial charge in [-0.05, 0) is 23.3 Å². The van der Waals surface area contributed by atoms with Gasteiger partial charge in [-0.25, -0.2) is 0 Å². The second-order valence-electron chi connectivity index (χ2n) is 6.45. The molecule has 3 aromatic rings. The Kier molecular flexibility index (Phi) is 12.5. The van der Waals surface area contributed by atoms with Gasteiger partial charge in [-0.3, -0.25) is 0 Å². The summed E-state index contributed by atoms with van der Waals surface area (Å²) in [6, 6.07) is 19.2. The summed E-state index contributed by atoms with van der Waals surface area (Å²) in [5.74, 6) is 0. The lowest BCUT2D eigenvalue weighted by Gasteiger charge is -2.06. The molecule has 2 heterocycles. The summed E-state index contributed by atoms with van der Waals surface area (Å²) in [5.41, 5.74) is 3.59. The molecule has 1 aromatic carbocycles. The average molecular weight is 479 g/mol. The van der Waals surface area contributed by atoms with E-state index >= 15 is 0 Å². The van der Waals surface area contributed by atoms with Crippen molar-refractivity contribution in [1.82, 2.24) is 0 Å². The minimum Gasteiger partial charge on any atom is -1.00 e. The summed E-state index contributed by atoms with van der Waals surface area (Å²) in [4.78, 5) is 0. The van der Waals surface area contributed by atoms with Crippen LogP contribution in [0.5, 0.6) is 0 Å². The van der Waals surface area contributed by atoms with E-state index in [2.05, 4.69) is 10.3 Å². The van der Waals surface area contributed by atoms with E-state index in [1.165, 1.54) is 12.4 Å². The predicted octanol–water partition coefficient (Wildman–Crippen LogP) is -3.77. The third-order valence-corrected chi connectivity index (χ3v) is 4.35. The second-order valence-corrected chi connectivity index (χ2v) is 6.45. The van der Waals surface area contributed by atoms with E-state index in [9.17, 15) is 0 Å². The molecule has 0 aliphatic rings. The molecule has 10 heteroatoms. The van der Waals surface area contributed by atoms with Crippen LogP contribution in [0.15, 0.2) is 83.4 Å². The molecular weight excluding hydrogens is 455 g/mol. The molecule has 0 atom stereocenters. The standard InChI is InChI=1S/C22H22N4O4.2ClH/c27-23-13-21-5-1-3-11-25(21)17-29-15-19-7-9-20(10-8-19)16-30-18-26-12-4-2-6-22(26)14-24-28;;/h1-14H,15-18H2;2*1H. The SMILES string of the molecule is O/N=C/c1cccc[n+]1COCc1ccc(COC[n+]2ccccc2/C=N/O)cc1.[Cl-].[Cl-]. The van der Waals surface area contributed by atoms with E-state index in [4.69, 9.17) is 19.9 Å². The van der Waals surface area contributed by atoms with Crippen LogP contribution in [-0.2, 0) is 36.1 Å². The van der Waals surface area contributed by atoms with Crippen LogP contribution in [0.3, 0.4) is 0 Å². The lowest BCUT2D eigenvalue weighted by molar-refractivity contribution is -0.734. The molecule has 8 nitrogen and oxygen atoms in total. The molecule has 0 spiro atoms. The quantitative estimate of drug-likeness (QED) is 0.135. The summed E-state index contributed by atoms with van der Waals surface area (Å²) in [6.45, 7) is 1.62. The van der Waals surface area contributed by atoms with E-state index < -0.39 is 0 Å². The van der Waals surface area contributed by atoms with Crippen LogP contribution < -0.4 is 33.9 Å². The van der Waals surface area contributed by atoms with Gasteiger partial charge in [-0.1, -0.05) is 34.6 Å². The van der Waals surface area contributed by atoms with Crippen LogP contribution >= 0.6 is 0 Å². The zero-order valence-electron chi connectivity index (χ0n) is 17.2. The highest BCUT2D eigenvalue weighted by Gasteiger charge is 2.09. The highest BCUT2D eigenvalue weighted by Crippen LogP contribution is 2.07. The number of hydrogen-bond donors (Lipinski definition) is 2. The third-order valence-electron chi connectivity index (χ3n) is 4.35. The van der Waals surface area contributed by atoms with Crippen molar-refractivity contribution in [3.05, 3.63) is 95.6 Å². The molecule has 0 radical (unpaired) electrons.